The summed E-state index contributed by atoms with van der Waals surface area (Å²) in [6.45, 7) is 0. The van der Waals surface area contributed by atoms with Gasteiger partial charge < -0.3 is 5.11 Å². The second-order valence-electron chi connectivity index (χ2n) is 6.41. The number of rotatable bonds is 3. The number of aliphatic carboxylic acids is 1. The fraction of sp³-hybridized carbons (Fsp3) is 0.353. The van der Waals surface area contributed by atoms with Gasteiger partial charge in [-0.3, -0.25) is 4.79 Å². The van der Waals surface area contributed by atoms with E-state index in [0.717, 1.165) is 0 Å². The number of sulfonamides is 1. The van der Waals surface area contributed by atoms with E-state index < -0.39 is 33.8 Å². The van der Waals surface area contributed by atoms with Crippen LogP contribution in [0.5, 0.6) is 0 Å². The normalized spacial score (nSPS) is 27.0. The molecule has 0 amide bonds. The van der Waals surface area contributed by atoms with Crippen LogP contribution in [0.1, 0.15) is 19.3 Å². The molecule has 3 atom stereocenters. The van der Waals surface area contributed by atoms with Crippen molar-refractivity contribution in [2.24, 2.45) is 5.92 Å². The maximum atomic E-state index is 14.8. The SMILES string of the molecule is O=C(O)C1CC2CCC1N2S(=O)(=O)c1ccc2ccccc2c1F. The lowest BCUT2D eigenvalue weighted by molar-refractivity contribution is -0.142. The first-order valence-corrected chi connectivity index (χ1v) is 9.29. The fourth-order valence-corrected chi connectivity index (χ4v) is 6.10. The topological polar surface area (TPSA) is 74.7 Å². The molecule has 2 aromatic rings. The Bertz CT molecular complexity index is 943. The van der Waals surface area contributed by atoms with Crippen LogP contribution in [0.25, 0.3) is 10.8 Å². The van der Waals surface area contributed by atoms with Crippen molar-refractivity contribution >= 4 is 26.8 Å². The van der Waals surface area contributed by atoms with E-state index in [1.54, 1.807) is 30.3 Å². The first-order valence-electron chi connectivity index (χ1n) is 7.85. The Morgan fingerprint density at radius 1 is 1.17 bits per heavy atom. The van der Waals surface area contributed by atoms with Crippen molar-refractivity contribution in [2.75, 3.05) is 0 Å². The Labute approximate surface area is 138 Å². The highest BCUT2D eigenvalue weighted by molar-refractivity contribution is 7.89. The molecule has 4 rings (SSSR count). The summed E-state index contributed by atoms with van der Waals surface area (Å²) in [5, 5.41) is 10.2. The van der Waals surface area contributed by atoms with Gasteiger partial charge in [0.25, 0.3) is 0 Å². The lowest BCUT2D eigenvalue weighted by Crippen LogP contribution is -2.38. The minimum absolute atomic E-state index is 0.250. The van der Waals surface area contributed by atoms with Gasteiger partial charge >= 0.3 is 5.97 Å². The summed E-state index contributed by atoms with van der Waals surface area (Å²) >= 11 is 0. The average Bonchev–Trinajstić information content (AvgIpc) is 3.14. The van der Waals surface area contributed by atoms with E-state index >= 15 is 0 Å². The fourth-order valence-electron chi connectivity index (χ4n) is 4.11. The number of hydrogen-bond donors (Lipinski definition) is 1. The number of benzene rings is 2. The molecule has 0 spiro atoms. The largest absolute Gasteiger partial charge is 0.481 e. The molecular formula is C17H16FNO4S. The van der Waals surface area contributed by atoms with Crippen LogP contribution in [0.3, 0.4) is 0 Å². The summed E-state index contributed by atoms with van der Waals surface area (Å²) < 4.78 is 42.1. The zero-order chi connectivity index (χ0) is 17.1. The quantitative estimate of drug-likeness (QED) is 0.924. The van der Waals surface area contributed by atoms with Crippen molar-refractivity contribution in [3.8, 4) is 0 Å². The van der Waals surface area contributed by atoms with E-state index in [-0.39, 0.29) is 16.3 Å². The molecular weight excluding hydrogens is 333 g/mol. The van der Waals surface area contributed by atoms with E-state index in [1.807, 2.05) is 0 Å². The maximum Gasteiger partial charge on any atom is 0.308 e. The van der Waals surface area contributed by atoms with Gasteiger partial charge in [-0.1, -0.05) is 30.3 Å². The molecule has 7 heteroatoms. The van der Waals surface area contributed by atoms with Gasteiger partial charge in [-0.15, -0.1) is 0 Å². The summed E-state index contributed by atoms with van der Waals surface area (Å²) in [6, 6.07) is 8.60. The minimum atomic E-state index is -4.07. The Morgan fingerprint density at radius 2 is 1.92 bits per heavy atom. The third kappa shape index (κ3) is 2.08. The van der Waals surface area contributed by atoms with Crippen LogP contribution in [0.4, 0.5) is 4.39 Å². The molecule has 2 aromatic carbocycles. The zero-order valence-corrected chi connectivity index (χ0v) is 13.5. The minimum Gasteiger partial charge on any atom is -0.481 e. The molecule has 0 saturated carbocycles. The number of hydrogen-bond acceptors (Lipinski definition) is 3. The van der Waals surface area contributed by atoms with Crippen LogP contribution in [0.2, 0.25) is 0 Å². The van der Waals surface area contributed by atoms with E-state index in [0.29, 0.717) is 24.6 Å². The smallest absolute Gasteiger partial charge is 0.308 e. The highest BCUT2D eigenvalue weighted by atomic mass is 32.2. The molecule has 2 saturated heterocycles. The lowest BCUT2D eigenvalue weighted by Gasteiger charge is -2.23. The van der Waals surface area contributed by atoms with Gasteiger partial charge in [-0.25, -0.2) is 12.8 Å². The van der Waals surface area contributed by atoms with E-state index in [4.69, 9.17) is 0 Å². The van der Waals surface area contributed by atoms with Crippen LogP contribution in [-0.4, -0.2) is 35.9 Å². The summed E-state index contributed by atoms with van der Waals surface area (Å²) in [4.78, 5) is 11.0. The maximum absolute atomic E-state index is 14.8. The zero-order valence-electron chi connectivity index (χ0n) is 12.7. The summed E-state index contributed by atoms with van der Waals surface area (Å²) in [5.74, 6) is -2.46. The highest BCUT2D eigenvalue weighted by Crippen LogP contribution is 2.45. The molecule has 0 radical (unpaired) electrons. The van der Waals surface area contributed by atoms with Gasteiger partial charge in [0, 0.05) is 17.5 Å². The number of nitrogens with zero attached hydrogens (tertiary/aromatic N) is 1. The second-order valence-corrected chi connectivity index (χ2v) is 8.22. The van der Waals surface area contributed by atoms with Crippen molar-refractivity contribution in [1.82, 2.24) is 4.31 Å². The number of carboxylic acids is 1. The molecule has 2 bridgehead atoms. The number of carboxylic acid groups (broad SMARTS) is 1. The van der Waals surface area contributed by atoms with Crippen molar-refractivity contribution in [2.45, 2.75) is 36.2 Å². The third-order valence-electron chi connectivity index (χ3n) is 5.17. The van der Waals surface area contributed by atoms with Crippen molar-refractivity contribution in [3.63, 3.8) is 0 Å². The standard InChI is InChI=1S/C17H16FNO4S/c18-16-12-4-2-1-3-10(12)5-8-15(16)24(22,23)19-11-6-7-14(19)13(9-11)17(20)21/h1-5,8,11,13-14H,6-7,9H2,(H,20,21). The first kappa shape index (κ1) is 15.5. The lowest BCUT2D eigenvalue weighted by atomic mass is 9.89. The monoisotopic (exact) mass is 349 g/mol. The summed E-state index contributed by atoms with van der Waals surface area (Å²) in [7, 11) is -4.07. The Morgan fingerprint density at radius 3 is 2.62 bits per heavy atom. The van der Waals surface area contributed by atoms with Gasteiger partial charge in [0.15, 0.2) is 5.82 Å². The van der Waals surface area contributed by atoms with Crippen LogP contribution in [0.15, 0.2) is 41.3 Å². The summed E-state index contributed by atoms with van der Waals surface area (Å²) in [6.07, 6.45) is 1.44. The molecule has 24 heavy (non-hydrogen) atoms. The molecule has 5 nitrogen and oxygen atoms in total. The van der Waals surface area contributed by atoms with Gasteiger partial charge in [0.1, 0.15) is 4.90 Å². The van der Waals surface area contributed by atoms with Crippen LogP contribution in [-0.2, 0) is 14.8 Å². The van der Waals surface area contributed by atoms with Crippen LogP contribution >= 0.6 is 0 Å². The molecule has 126 valence electrons. The second kappa shape index (κ2) is 5.26. The van der Waals surface area contributed by atoms with Gasteiger partial charge in [-0.2, -0.15) is 4.31 Å². The molecule has 3 unspecified atom stereocenters. The predicted molar refractivity (Wildman–Crippen MR) is 85.5 cm³/mol. The first-order chi connectivity index (χ1) is 11.4. The van der Waals surface area contributed by atoms with Crippen molar-refractivity contribution in [3.05, 3.63) is 42.2 Å². The summed E-state index contributed by atoms with van der Waals surface area (Å²) in [5.41, 5.74) is 0. The van der Waals surface area contributed by atoms with E-state index in [9.17, 15) is 22.7 Å². The van der Waals surface area contributed by atoms with E-state index in [2.05, 4.69) is 0 Å². The Balaban J connectivity index is 1.82. The Kier molecular flexibility index (Phi) is 3.40. The van der Waals surface area contributed by atoms with Gasteiger partial charge in [0.05, 0.1) is 5.92 Å². The van der Waals surface area contributed by atoms with Gasteiger partial charge in [-0.05, 0) is 30.7 Å². The van der Waals surface area contributed by atoms with Crippen LogP contribution < -0.4 is 0 Å². The molecule has 1 N–H and O–H groups in total. The molecule has 0 aromatic heterocycles. The highest BCUT2D eigenvalue weighted by Gasteiger charge is 2.54. The third-order valence-corrected chi connectivity index (χ3v) is 7.17. The molecule has 2 aliphatic rings. The molecule has 0 aliphatic carbocycles. The predicted octanol–water partition coefficient (Wildman–Crippen LogP) is 2.61. The average molecular weight is 349 g/mol. The number of fused-ring (bicyclic) bond motifs is 3. The molecule has 2 heterocycles. The van der Waals surface area contributed by atoms with Crippen LogP contribution in [0, 0.1) is 11.7 Å². The number of carbonyl (C=O) groups is 1. The van der Waals surface area contributed by atoms with E-state index in [1.165, 1.54) is 10.4 Å². The molecule has 2 fully saturated rings. The van der Waals surface area contributed by atoms with Crippen molar-refractivity contribution < 1.29 is 22.7 Å². The Hall–Kier alpha value is -1.99. The van der Waals surface area contributed by atoms with Gasteiger partial charge in [0.2, 0.25) is 10.0 Å². The number of halogens is 1. The van der Waals surface area contributed by atoms with Crippen molar-refractivity contribution in [1.29, 1.82) is 0 Å². The molecule has 2 aliphatic heterocycles.